The average Bonchev–Trinajstić information content (AvgIpc) is 2.15. The molecule has 0 bridgehead atoms. The Hall–Kier alpha value is -1.32. The summed E-state index contributed by atoms with van der Waals surface area (Å²) in [6.07, 6.45) is 4.84. The van der Waals surface area contributed by atoms with Crippen molar-refractivity contribution in [3.05, 3.63) is 23.8 Å². The molecule has 1 rings (SSSR count). The lowest BCUT2D eigenvalue weighted by molar-refractivity contribution is 0.325. The van der Waals surface area contributed by atoms with Gasteiger partial charge in [0.1, 0.15) is 6.61 Å². The highest BCUT2D eigenvalue weighted by Gasteiger charge is 2.18. The molecule has 0 saturated carbocycles. The number of hydrogen-bond donors (Lipinski definition) is 0. The predicted molar refractivity (Wildman–Crippen MR) is 53.7 cm³/mol. The van der Waals surface area contributed by atoms with Crippen LogP contribution in [-0.4, -0.2) is 15.0 Å². The molecule has 0 amide bonds. The van der Waals surface area contributed by atoms with Crippen molar-refractivity contribution in [2.45, 2.75) is 4.90 Å². The van der Waals surface area contributed by atoms with Crippen LogP contribution in [0.2, 0.25) is 0 Å². The molecule has 0 fully saturated rings. The van der Waals surface area contributed by atoms with Gasteiger partial charge in [-0.05, 0) is 12.1 Å². The van der Waals surface area contributed by atoms with Gasteiger partial charge in [-0.3, -0.25) is 0 Å². The molecule has 0 N–H and O–H groups in total. The molecule has 1 aromatic carbocycles. The maximum Gasteiger partial charge on any atom is 0.261 e. The second-order valence-corrected chi connectivity index (χ2v) is 5.21. The van der Waals surface area contributed by atoms with Gasteiger partial charge in [0.25, 0.3) is 9.05 Å². The van der Waals surface area contributed by atoms with Crippen LogP contribution < -0.4 is 4.74 Å². The molecule has 0 aliphatic rings. The number of terminal acetylenes is 1. The van der Waals surface area contributed by atoms with E-state index in [9.17, 15) is 17.2 Å². The van der Waals surface area contributed by atoms with Gasteiger partial charge in [0.15, 0.2) is 17.4 Å². The van der Waals surface area contributed by atoms with E-state index in [0.29, 0.717) is 12.1 Å². The van der Waals surface area contributed by atoms with E-state index in [-0.39, 0.29) is 6.61 Å². The summed E-state index contributed by atoms with van der Waals surface area (Å²) in [4.78, 5) is -0.683. The number of benzene rings is 1. The van der Waals surface area contributed by atoms with Crippen LogP contribution in [0.25, 0.3) is 0 Å². The van der Waals surface area contributed by atoms with Crippen molar-refractivity contribution in [2.75, 3.05) is 6.61 Å². The van der Waals surface area contributed by atoms with Crippen molar-refractivity contribution in [3.8, 4) is 18.1 Å². The summed E-state index contributed by atoms with van der Waals surface area (Å²) in [5.74, 6) is -1.09. The highest BCUT2D eigenvalue weighted by Crippen LogP contribution is 2.26. The first-order valence-electron chi connectivity index (χ1n) is 3.86. The molecule has 0 unspecified atom stereocenters. The number of ether oxygens (including phenoxy) is 1. The Morgan fingerprint density at radius 3 is 2.25 bits per heavy atom. The third-order valence-corrected chi connectivity index (χ3v) is 2.89. The fourth-order valence-electron chi connectivity index (χ4n) is 0.929. The Morgan fingerprint density at radius 1 is 1.38 bits per heavy atom. The second kappa shape index (κ2) is 4.68. The molecule has 86 valence electrons. The minimum atomic E-state index is -4.19. The van der Waals surface area contributed by atoms with E-state index in [1.807, 2.05) is 5.92 Å². The van der Waals surface area contributed by atoms with Crippen LogP contribution in [0.5, 0.6) is 5.75 Å². The molecule has 3 nitrogen and oxygen atoms in total. The van der Waals surface area contributed by atoms with Crippen molar-refractivity contribution in [2.24, 2.45) is 0 Å². The van der Waals surface area contributed by atoms with Gasteiger partial charge in [-0.15, -0.1) is 6.42 Å². The van der Waals surface area contributed by atoms with Gasteiger partial charge in [0, 0.05) is 10.7 Å². The van der Waals surface area contributed by atoms with Crippen LogP contribution in [0.3, 0.4) is 0 Å². The monoisotopic (exact) mass is 266 g/mol. The van der Waals surface area contributed by atoms with Crippen molar-refractivity contribution in [1.29, 1.82) is 0 Å². The van der Waals surface area contributed by atoms with E-state index in [1.165, 1.54) is 0 Å². The van der Waals surface area contributed by atoms with Crippen LogP contribution in [0.15, 0.2) is 17.0 Å². The van der Waals surface area contributed by atoms with Gasteiger partial charge in [-0.1, -0.05) is 5.92 Å². The van der Waals surface area contributed by atoms with Gasteiger partial charge >= 0.3 is 0 Å². The molecular weight excluding hydrogens is 262 g/mol. The number of rotatable bonds is 3. The zero-order valence-corrected chi connectivity index (χ0v) is 9.28. The quantitative estimate of drug-likeness (QED) is 0.620. The molecule has 0 heterocycles. The summed E-state index contributed by atoms with van der Waals surface area (Å²) in [7, 11) is 0.736. The molecule has 0 radical (unpaired) electrons. The Labute approximate surface area is 95.4 Å². The third-order valence-electron chi connectivity index (χ3n) is 1.55. The zero-order valence-electron chi connectivity index (χ0n) is 7.71. The van der Waals surface area contributed by atoms with Crippen molar-refractivity contribution >= 4 is 19.7 Å². The molecule has 1 aromatic rings. The van der Waals surface area contributed by atoms with Gasteiger partial charge < -0.3 is 4.74 Å². The van der Waals surface area contributed by atoms with Crippen LogP contribution in [0.1, 0.15) is 0 Å². The van der Waals surface area contributed by atoms with E-state index >= 15 is 0 Å². The van der Waals surface area contributed by atoms with Crippen LogP contribution >= 0.6 is 10.7 Å². The lowest BCUT2D eigenvalue weighted by Crippen LogP contribution is -2.01. The first-order valence-corrected chi connectivity index (χ1v) is 6.17. The normalized spacial score (nSPS) is 10.9. The Bertz CT molecular complexity index is 525. The largest absolute Gasteiger partial charge is 0.475 e. The molecule has 0 aliphatic carbocycles. The summed E-state index contributed by atoms with van der Waals surface area (Å²) in [6.45, 7) is -0.333. The third kappa shape index (κ3) is 2.84. The standard InChI is InChI=1S/C9H5ClF2O3S/c1-2-3-15-9-7(11)4-6(5-8(9)12)16(10,13)14/h1,4-5H,3H2. The SMILES string of the molecule is C#CCOc1c(F)cc(S(=O)(=O)Cl)cc1F. The van der Waals surface area contributed by atoms with Crippen LogP contribution in [0.4, 0.5) is 8.78 Å². The van der Waals surface area contributed by atoms with Crippen LogP contribution in [0, 0.1) is 24.0 Å². The summed E-state index contributed by atoms with van der Waals surface area (Å²) in [6, 6.07) is 1.11. The highest BCUT2D eigenvalue weighted by molar-refractivity contribution is 8.13. The second-order valence-electron chi connectivity index (χ2n) is 2.65. The van der Waals surface area contributed by atoms with E-state index in [2.05, 4.69) is 4.74 Å². The predicted octanol–water partition coefficient (Wildman–Crippen LogP) is 1.90. The fraction of sp³-hybridized carbons (Fsp3) is 0.111. The molecule has 0 aliphatic heterocycles. The van der Waals surface area contributed by atoms with Gasteiger partial charge in [0.05, 0.1) is 4.90 Å². The smallest absolute Gasteiger partial charge is 0.261 e. The molecule has 0 aromatic heterocycles. The molecule has 0 saturated heterocycles. The summed E-state index contributed by atoms with van der Waals surface area (Å²) in [5, 5.41) is 0. The summed E-state index contributed by atoms with van der Waals surface area (Å²) in [5.41, 5.74) is 0. The maximum absolute atomic E-state index is 13.2. The van der Waals surface area contributed by atoms with Crippen LogP contribution in [-0.2, 0) is 9.05 Å². The number of halogens is 3. The lowest BCUT2D eigenvalue weighted by atomic mass is 10.3. The zero-order chi connectivity index (χ0) is 12.3. The lowest BCUT2D eigenvalue weighted by Gasteiger charge is -2.06. The Balaban J connectivity index is 3.24. The first-order chi connectivity index (χ1) is 7.36. The van der Waals surface area contributed by atoms with Crippen molar-refractivity contribution in [1.82, 2.24) is 0 Å². The molecule has 7 heteroatoms. The number of hydrogen-bond acceptors (Lipinski definition) is 3. The highest BCUT2D eigenvalue weighted by atomic mass is 35.7. The van der Waals surface area contributed by atoms with E-state index in [0.717, 1.165) is 0 Å². The van der Waals surface area contributed by atoms with Gasteiger partial charge in [-0.2, -0.15) is 0 Å². The van der Waals surface area contributed by atoms with E-state index in [4.69, 9.17) is 17.1 Å². The first kappa shape index (κ1) is 12.7. The fourth-order valence-corrected chi connectivity index (χ4v) is 1.68. The minimum Gasteiger partial charge on any atom is -0.475 e. The minimum absolute atomic E-state index is 0.333. The molecule has 16 heavy (non-hydrogen) atoms. The summed E-state index contributed by atoms with van der Waals surface area (Å²) >= 11 is 0. The Kier molecular flexibility index (Phi) is 3.73. The van der Waals surface area contributed by atoms with Gasteiger partial charge in [-0.25, -0.2) is 17.2 Å². The van der Waals surface area contributed by atoms with Gasteiger partial charge in [0.2, 0.25) is 0 Å². The molecular formula is C9H5ClF2O3S. The summed E-state index contributed by atoms with van der Waals surface area (Å²) < 4.78 is 52.6. The Morgan fingerprint density at radius 2 is 1.88 bits per heavy atom. The van der Waals surface area contributed by atoms with E-state index < -0.39 is 31.3 Å². The van der Waals surface area contributed by atoms with Crippen molar-refractivity contribution < 1.29 is 21.9 Å². The molecule has 0 atom stereocenters. The van der Waals surface area contributed by atoms with Crippen molar-refractivity contribution in [3.63, 3.8) is 0 Å². The molecule has 0 spiro atoms. The average molecular weight is 267 g/mol. The topological polar surface area (TPSA) is 43.4 Å². The maximum atomic E-state index is 13.2. The van der Waals surface area contributed by atoms with E-state index in [1.54, 1.807) is 0 Å².